The third-order valence-corrected chi connectivity index (χ3v) is 1.82. The van der Waals surface area contributed by atoms with Gasteiger partial charge in [-0.3, -0.25) is 0 Å². The fourth-order valence-electron chi connectivity index (χ4n) is 1.04. The molecule has 0 spiro atoms. The average molecular weight is 174 g/mol. The fourth-order valence-corrected chi connectivity index (χ4v) is 1.04. The predicted molar refractivity (Wildman–Crippen MR) is 42.6 cm³/mol. The van der Waals surface area contributed by atoms with Gasteiger partial charge < -0.3 is 20.5 Å². The minimum atomic E-state index is -0.392. The van der Waals surface area contributed by atoms with Crippen LogP contribution in [0.2, 0.25) is 0 Å². The lowest BCUT2D eigenvalue weighted by Gasteiger charge is -2.37. The van der Waals surface area contributed by atoms with E-state index in [0.717, 1.165) is 0 Å². The number of nitrogens with two attached hydrogens (primary N) is 1. The average Bonchev–Trinajstić information content (AvgIpc) is 1.93. The van der Waals surface area contributed by atoms with E-state index in [4.69, 9.17) is 15.6 Å². The van der Waals surface area contributed by atoms with Crippen molar-refractivity contribution in [3.63, 3.8) is 0 Å². The van der Waals surface area contributed by atoms with Crippen molar-refractivity contribution in [2.75, 3.05) is 26.3 Å². The molecule has 3 N–H and O–H groups in total. The monoisotopic (exact) mass is 174 g/mol. The molecule has 0 aromatic rings. The first-order valence-electron chi connectivity index (χ1n) is 4.01. The molecule has 0 aromatic heterocycles. The van der Waals surface area contributed by atoms with Gasteiger partial charge in [0.05, 0.1) is 19.2 Å². The van der Waals surface area contributed by atoms with Crippen LogP contribution in [-0.4, -0.2) is 48.4 Å². The number of ether oxygens (including phenoxy) is 1. The lowest BCUT2D eigenvalue weighted by atomic mass is 10.2. The highest BCUT2D eigenvalue weighted by atomic mass is 16.5. The highest BCUT2D eigenvalue weighted by molar-refractivity contribution is 5.73. The molecule has 12 heavy (non-hydrogen) atoms. The van der Waals surface area contributed by atoms with Gasteiger partial charge in [-0.1, -0.05) is 0 Å². The Morgan fingerprint density at radius 2 is 2.33 bits per heavy atom. The Balaban J connectivity index is 1.98. The zero-order valence-electron chi connectivity index (χ0n) is 6.90. The van der Waals surface area contributed by atoms with E-state index >= 15 is 0 Å². The zero-order valence-corrected chi connectivity index (χ0v) is 6.90. The molecule has 1 saturated heterocycles. The SMILES string of the molecule is NC(=O)N1CC(OCCCO)C1. The minimum Gasteiger partial charge on any atom is -0.396 e. The Labute approximate surface area is 71.1 Å². The molecule has 0 saturated carbocycles. The van der Waals surface area contributed by atoms with Crippen LogP contribution in [0.1, 0.15) is 6.42 Å². The van der Waals surface area contributed by atoms with Gasteiger partial charge in [-0.25, -0.2) is 4.79 Å². The third kappa shape index (κ3) is 2.35. The van der Waals surface area contributed by atoms with Gasteiger partial charge in [0.25, 0.3) is 0 Å². The maximum absolute atomic E-state index is 10.5. The zero-order chi connectivity index (χ0) is 8.97. The summed E-state index contributed by atoms with van der Waals surface area (Å²) in [6, 6.07) is -0.392. The van der Waals surface area contributed by atoms with Crippen molar-refractivity contribution >= 4 is 6.03 Å². The van der Waals surface area contributed by atoms with Gasteiger partial charge in [-0.2, -0.15) is 0 Å². The first-order valence-corrected chi connectivity index (χ1v) is 4.01. The number of carbonyl (C=O) groups is 1. The number of aliphatic hydroxyl groups excluding tert-OH is 1. The summed E-state index contributed by atoms with van der Waals surface area (Å²) in [6.07, 6.45) is 0.761. The number of amides is 2. The van der Waals surface area contributed by atoms with Crippen molar-refractivity contribution in [2.45, 2.75) is 12.5 Å². The molecule has 1 heterocycles. The quantitative estimate of drug-likeness (QED) is 0.545. The van der Waals surface area contributed by atoms with Gasteiger partial charge in [-0.15, -0.1) is 0 Å². The van der Waals surface area contributed by atoms with Crippen LogP contribution in [0.5, 0.6) is 0 Å². The van der Waals surface area contributed by atoms with Crippen molar-refractivity contribution in [1.82, 2.24) is 4.90 Å². The molecule has 1 fully saturated rings. The number of nitrogens with zero attached hydrogens (tertiary/aromatic N) is 1. The van der Waals surface area contributed by atoms with Crippen LogP contribution in [0, 0.1) is 0 Å². The summed E-state index contributed by atoms with van der Waals surface area (Å²) in [5.41, 5.74) is 5.01. The second-order valence-electron chi connectivity index (χ2n) is 2.81. The van der Waals surface area contributed by atoms with Crippen LogP contribution in [-0.2, 0) is 4.74 Å². The Morgan fingerprint density at radius 1 is 1.67 bits per heavy atom. The van der Waals surface area contributed by atoms with E-state index in [1.54, 1.807) is 0 Å². The normalized spacial score (nSPS) is 17.6. The molecule has 70 valence electrons. The topological polar surface area (TPSA) is 75.8 Å². The van der Waals surface area contributed by atoms with Crippen LogP contribution >= 0.6 is 0 Å². The molecule has 0 bridgehead atoms. The molecule has 0 atom stereocenters. The molecule has 0 aliphatic carbocycles. The Bertz CT molecular complexity index is 157. The molecule has 1 rings (SSSR count). The molecule has 1 aliphatic rings. The summed E-state index contributed by atoms with van der Waals surface area (Å²) in [4.78, 5) is 12.0. The van der Waals surface area contributed by atoms with Gasteiger partial charge >= 0.3 is 6.03 Å². The molecule has 0 radical (unpaired) electrons. The third-order valence-electron chi connectivity index (χ3n) is 1.82. The summed E-state index contributed by atoms with van der Waals surface area (Å²) < 4.78 is 5.29. The molecule has 0 unspecified atom stereocenters. The van der Waals surface area contributed by atoms with E-state index in [0.29, 0.717) is 26.1 Å². The van der Waals surface area contributed by atoms with Crippen molar-refractivity contribution < 1.29 is 14.6 Å². The predicted octanol–water partition coefficient (Wildman–Crippen LogP) is -0.852. The summed E-state index contributed by atoms with van der Waals surface area (Å²) in [5, 5.41) is 8.45. The van der Waals surface area contributed by atoms with Crippen LogP contribution in [0.25, 0.3) is 0 Å². The van der Waals surface area contributed by atoms with E-state index in [9.17, 15) is 4.79 Å². The van der Waals surface area contributed by atoms with Crippen molar-refractivity contribution in [3.8, 4) is 0 Å². The minimum absolute atomic E-state index is 0.115. The summed E-state index contributed by atoms with van der Waals surface area (Å²) >= 11 is 0. The number of primary amides is 1. The molecular formula is C7H14N2O3. The second-order valence-corrected chi connectivity index (χ2v) is 2.81. The molecule has 5 nitrogen and oxygen atoms in total. The van der Waals surface area contributed by atoms with Crippen LogP contribution < -0.4 is 5.73 Å². The highest BCUT2D eigenvalue weighted by Crippen LogP contribution is 2.10. The van der Waals surface area contributed by atoms with Gasteiger partial charge in [0.1, 0.15) is 0 Å². The highest BCUT2D eigenvalue weighted by Gasteiger charge is 2.29. The first-order chi connectivity index (χ1) is 5.74. The van der Waals surface area contributed by atoms with E-state index in [1.807, 2.05) is 0 Å². The van der Waals surface area contributed by atoms with E-state index < -0.39 is 6.03 Å². The number of urea groups is 1. The van der Waals surface area contributed by atoms with Gasteiger partial charge in [0, 0.05) is 13.2 Å². The van der Waals surface area contributed by atoms with Crippen LogP contribution in [0.15, 0.2) is 0 Å². The number of likely N-dealkylation sites (tertiary alicyclic amines) is 1. The van der Waals surface area contributed by atoms with Crippen LogP contribution in [0.4, 0.5) is 4.79 Å². The van der Waals surface area contributed by atoms with Crippen molar-refractivity contribution in [2.24, 2.45) is 5.73 Å². The van der Waals surface area contributed by atoms with Crippen molar-refractivity contribution in [1.29, 1.82) is 0 Å². The standard InChI is InChI=1S/C7H14N2O3/c8-7(11)9-4-6(5-9)12-3-1-2-10/h6,10H,1-5H2,(H2,8,11). The largest absolute Gasteiger partial charge is 0.396 e. The van der Waals surface area contributed by atoms with E-state index in [-0.39, 0.29) is 12.7 Å². The van der Waals surface area contributed by atoms with Gasteiger partial charge in [0.2, 0.25) is 0 Å². The Hall–Kier alpha value is -0.810. The Morgan fingerprint density at radius 3 is 2.83 bits per heavy atom. The number of carbonyl (C=O) groups excluding carboxylic acids is 1. The molecule has 1 aliphatic heterocycles. The maximum atomic E-state index is 10.5. The molecule has 0 aromatic carbocycles. The number of hydrogen-bond acceptors (Lipinski definition) is 3. The second kappa shape index (κ2) is 4.27. The van der Waals surface area contributed by atoms with Gasteiger partial charge in [-0.05, 0) is 6.42 Å². The van der Waals surface area contributed by atoms with E-state index in [1.165, 1.54) is 4.90 Å². The lowest BCUT2D eigenvalue weighted by molar-refractivity contribution is -0.0374. The van der Waals surface area contributed by atoms with Crippen LogP contribution in [0.3, 0.4) is 0 Å². The Kier molecular flexibility index (Phi) is 3.31. The molecular weight excluding hydrogens is 160 g/mol. The molecule has 2 amide bonds. The van der Waals surface area contributed by atoms with E-state index in [2.05, 4.69) is 0 Å². The summed E-state index contributed by atoms with van der Waals surface area (Å²) in [5.74, 6) is 0. The maximum Gasteiger partial charge on any atom is 0.314 e. The first kappa shape index (κ1) is 9.28. The van der Waals surface area contributed by atoms with Crippen molar-refractivity contribution in [3.05, 3.63) is 0 Å². The molecule has 5 heteroatoms. The lowest BCUT2D eigenvalue weighted by Crippen LogP contribution is -2.56. The number of aliphatic hydroxyl groups is 1. The number of hydrogen-bond donors (Lipinski definition) is 2. The van der Waals surface area contributed by atoms with Gasteiger partial charge in [0.15, 0.2) is 0 Å². The summed E-state index contributed by atoms with van der Waals surface area (Å²) in [6.45, 7) is 1.86. The fraction of sp³-hybridized carbons (Fsp3) is 0.857. The number of rotatable bonds is 4. The smallest absolute Gasteiger partial charge is 0.314 e. The summed E-state index contributed by atoms with van der Waals surface area (Å²) in [7, 11) is 0.